The first-order valence-electron chi connectivity index (χ1n) is 11.0. The second-order valence-electron chi connectivity index (χ2n) is 8.07. The fourth-order valence-electron chi connectivity index (χ4n) is 4.10. The Morgan fingerprint density at radius 3 is 2.62 bits per heavy atom. The maximum atomic E-state index is 6.07. The number of aromatic nitrogens is 2. The number of methoxy groups -OCH3 is 1. The molecule has 0 unspecified atom stereocenters. The molecule has 164 valence electrons. The SMILES string of the molecule is C=CCc1ccc(OCCCn2c(-c3ccc(C)cc3C)nc3ccccc32)c(OC)c1. The third-order valence-electron chi connectivity index (χ3n) is 5.67. The molecule has 1 heterocycles. The van der Waals surface area contributed by atoms with Gasteiger partial charge >= 0.3 is 0 Å². The van der Waals surface area contributed by atoms with Crippen LogP contribution in [-0.4, -0.2) is 23.3 Å². The van der Waals surface area contributed by atoms with Crippen LogP contribution in [0.4, 0.5) is 0 Å². The molecule has 4 heteroatoms. The van der Waals surface area contributed by atoms with E-state index in [1.54, 1.807) is 7.11 Å². The van der Waals surface area contributed by atoms with Crippen molar-refractivity contribution in [2.75, 3.05) is 13.7 Å². The summed E-state index contributed by atoms with van der Waals surface area (Å²) in [5, 5.41) is 0. The number of ether oxygens (including phenoxy) is 2. The summed E-state index contributed by atoms with van der Waals surface area (Å²) >= 11 is 0. The number of para-hydroxylation sites is 2. The summed E-state index contributed by atoms with van der Waals surface area (Å²) in [6.07, 6.45) is 3.56. The van der Waals surface area contributed by atoms with Gasteiger partial charge in [-0.05, 0) is 62.1 Å². The van der Waals surface area contributed by atoms with E-state index in [4.69, 9.17) is 14.5 Å². The third-order valence-corrected chi connectivity index (χ3v) is 5.67. The highest BCUT2D eigenvalue weighted by atomic mass is 16.5. The van der Waals surface area contributed by atoms with Gasteiger partial charge in [0.05, 0.1) is 24.8 Å². The van der Waals surface area contributed by atoms with E-state index >= 15 is 0 Å². The van der Waals surface area contributed by atoms with Crippen molar-refractivity contribution in [2.45, 2.75) is 33.2 Å². The summed E-state index contributed by atoms with van der Waals surface area (Å²) in [5.74, 6) is 2.54. The summed E-state index contributed by atoms with van der Waals surface area (Å²) in [7, 11) is 1.67. The number of hydrogen-bond donors (Lipinski definition) is 0. The van der Waals surface area contributed by atoms with E-state index in [0.29, 0.717) is 6.61 Å². The molecule has 0 atom stereocenters. The fourth-order valence-corrected chi connectivity index (χ4v) is 4.10. The third kappa shape index (κ3) is 4.54. The van der Waals surface area contributed by atoms with Crippen molar-refractivity contribution >= 4 is 11.0 Å². The molecule has 0 N–H and O–H groups in total. The highest BCUT2D eigenvalue weighted by Crippen LogP contribution is 2.30. The van der Waals surface area contributed by atoms with Gasteiger partial charge in [0.1, 0.15) is 5.82 Å². The Kier molecular flexibility index (Phi) is 6.60. The van der Waals surface area contributed by atoms with E-state index in [9.17, 15) is 0 Å². The lowest BCUT2D eigenvalue weighted by Crippen LogP contribution is -2.07. The van der Waals surface area contributed by atoms with Crippen LogP contribution in [0.3, 0.4) is 0 Å². The molecule has 0 aliphatic rings. The number of fused-ring (bicyclic) bond motifs is 1. The predicted molar refractivity (Wildman–Crippen MR) is 132 cm³/mol. The largest absolute Gasteiger partial charge is 0.493 e. The number of allylic oxidation sites excluding steroid dienone is 1. The van der Waals surface area contributed by atoms with Crippen LogP contribution in [0.25, 0.3) is 22.4 Å². The Hall–Kier alpha value is -3.53. The lowest BCUT2D eigenvalue weighted by molar-refractivity contribution is 0.283. The van der Waals surface area contributed by atoms with Crippen molar-refractivity contribution in [3.05, 3.63) is 90.0 Å². The van der Waals surface area contributed by atoms with Gasteiger partial charge in [0.2, 0.25) is 0 Å². The van der Waals surface area contributed by atoms with Crippen molar-refractivity contribution in [3.63, 3.8) is 0 Å². The highest BCUT2D eigenvalue weighted by molar-refractivity contribution is 5.81. The fraction of sp³-hybridized carbons (Fsp3) is 0.250. The average Bonchev–Trinajstić information content (AvgIpc) is 3.15. The molecular weight excluding hydrogens is 396 g/mol. The summed E-state index contributed by atoms with van der Waals surface area (Å²) in [4.78, 5) is 4.96. The van der Waals surface area contributed by atoms with Crippen LogP contribution in [-0.2, 0) is 13.0 Å². The predicted octanol–water partition coefficient (Wildman–Crippen LogP) is 6.53. The lowest BCUT2D eigenvalue weighted by Gasteiger charge is -2.14. The van der Waals surface area contributed by atoms with E-state index in [-0.39, 0.29) is 0 Å². The molecule has 0 amide bonds. The normalized spacial score (nSPS) is 11.0. The van der Waals surface area contributed by atoms with Crippen LogP contribution < -0.4 is 9.47 Å². The van der Waals surface area contributed by atoms with Crippen molar-refractivity contribution in [1.29, 1.82) is 0 Å². The topological polar surface area (TPSA) is 36.3 Å². The first kappa shape index (κ1) is 21.7. The number of imidazole rings is 1. The number of nitrogens with zero attached hydrogens (tertiary/aromatic N) is 2. The second-order valence-corrected chi connectivity index (χ2v) is 8.07. The van der Waals surface area contributed by atoms with Gasteiger partial charge in [-0.1, -0.05) is 48.0 Å². The van der Waals surface area contributed by atoms with Crippen LogP contribution in [0.15, 0.2) is 73.3 Å². The molecule has 0 saturated carbocycles. The van der Waals surface area contributed by atoms with Gasteiger partial charge in [0, 0.05) is 12.1 Å². The lowest BCUT2D eigenvalue weighted by atomic mass is 10.1. The van der Waals surface area contributed by atoms with Crippen molar-refractivity contribution in [1.82, 2.24) is 9.55 Å². The molecule has 0 radical (unpaired) electrons. The molecule has 0 saturated heterocycles. The minimum Gasteiger partial charge on any atom is -0.493 e. The molecule has 4 rings (SSSR count). The summed E-state index contributed by atoms with van der Waals surface area (Å²) < 4.78 is 13.9. The monoisotopic (exact) mass is 426 g/mol. The van der Waals surface area contributed by atoms with Crippen LogP contribution in [0.2, 0.25) is 0 Å². The molecule has 4 nitrogen and oxygen atoms in total. The number of benzene rings is 3. The second kappa shape index (κ2) is 9.73. The smallest absolute Gasteiger partial charge is 0.161 e. The van der Waals surface area contributed by atoms with Crippen LogP contribution in [0.1, 0.15) is 23.1 Å². The molecule has 4 aromatic rings. The van der Waals surface area contributed by atoms with Crippen LogP contribution >= 0.6 is 0 Å². The zero-order valence-corrected chi connectivity index (χ0v) is 19.1. The van der Waals surface area contributed by atoms with Gasteiger partial charge in [-0.15, -0.1) is 6.58 Å². The zero-order chi connectivity index (χ0) is 22.5. The van der Waals surface area contributed by atoms with Gasteiger partial charge < -0.3 is 14.0 Å². The standard InChI is InChI=1S/C28H30N2O2/c1-5-9-22-13-15-26(27(19-22)31-4)32-17-8-16-30-25-11-7-6-10-24(25)29-28(30)23-14-12-20(2)18-21(23)3/h5-7,10-15,18-19H,1,8-9,16-17H2,2-4H3. The van der Waals surface area contributed by atoms with E-state index in [2.05, 4.69) is 67.5 Å². The molecule has 3 aromatic carbocycles. The average molecular weight is 427 g/mol. The Morgan fingerprint density at radius 2 is 1.84 bits per heavy atom. The van der Waals surface area contributed by atoms with Gasteiger partial charge in [-0.3, -0.25) is 0 Å². The zero-order valence-electron chi connectivity index (χ0n) is 19.1. The number of rotatable bonds is 9. The molecule has 0 aliphatic heterocycles. The molecule has 0 bridgehead atoms. The molecule has 0 spiro atoms. The highest BCUT2D eigenvalue weighted by Gasteiger charge is 2.14. The quantitative estimate of drug-likeness (QED) is 0.226. The molecule has 32 heavy (non-hydrogen) atoms. The summed E-state index contributed by atoms with van der Waals surface area (Å²) in [5.41, 5.74) is 6.99. The van der Waals surface area contributed by atoms with Crippen LogP contribution in [0, 0.1) is 13.8 Å². The maximum absolute atomic E-state index is 6.07. The van der Waals surface area contributed by atoms with Gasteiger partial charge in [0.25, 0.3) is 0 Å². The first-order chi connectivity index (χ1) is 15.6. The number of aryl methyl sites for hydroxylation is 3. The summed E-state index contributed by atoms with van der Waals surface area (Å²) in [6, 6.07) is 20.9. The Bertz CT molecular complexity index is 1240. The summed E-state index contributed by atoms with van der Waals surface area (Å²) in [6.45, 7) is 9.48. The molecule has 1 aromatic heterocycles. The van der Waals surface area contributed by atoms with Crippen molar-refractivity contribution in [2.24, 2.45) is 0 Å². The minimum absolute atomic E-state index is 0.593. The van der Waals surface area contributed by atoms with E-state index in [1.165, 1.54) is 16.7 Å². The van der Waals surface area contributed by atoms with E-state index in [0.717, 1.165) is 53.3 Å². The molecular formula is C28H30N2O2. The van der Waals surface area contributed by atoms with E-state index < -0.39 is 0 Å². The molecule has 0 aliphatic carbocycles. The van der Waals surface area contributed by atoms with Gasteiger partial charge in [-0.2, -0.15) is 0 Å². The Labute approximate surface area is 190 Å². The number of hydrogen-bond acceptors (Lipinski definition) is 3. The maximum Gasteiger partial charge on any atom is 0.161 e. The van der Waals surface area contributed by atoms with Gasteiger partial charge in [-0.25, -0.2) is 4.98 Å². The van der Waals surface area contributed by atoms with E-state index in [1.807, 2.05) is 24.3 Å². The van der Waals surface area contributed by atoms with Crippen molar-refractivity contribution in [3.8, 4) is 22.9 Å². The van der Waals surface area contributed by atoms with Crippen LogP contribution in [0.5, 0.6) is 11.5 Å². The van der Waals surface area contributed by atoms with Gasteiger partial charge in [0.15, 0.2) is 11.5 Å². The minimum atomic E-state index is 0.593. The first-order valence-corrected chi connectivity index (χ1v) is 11.0. The van der Waals surface area contributed by atoms with Crippen molar-refractivity contribution < 1.29 is 9.47 Å². The Morgan fingerprint density at radius 1 is 1.00 bits per heavy atom. The molecule has 0 fully saturated rings. The Balaban J connectivity index is 1.53.